The minimum atomic E-state index is -1.78. The molecule has 4 heteroatoms. The molecule has 2 nitrogen and oxygen atoms in total. The van der Waals surface area contributed by atoms with Crippen molar-refractivity contribution in [2.75, 3.05) is 27.4 Å². The van der Waals surface area contributed by atoms with E-state index in [0.717, 1.165) is 0 Å². The summed E-state index contributed by atoms with van der Waals surface area (Å²) in [5.74, 6) is 0. The van der Waals surface area contributed by atoms with Crippen molar-refractivity contribution in [3.8, 4) is 0 Å². The van der Waals surface area contributed by atoms with Gasteiger partial charge in [0.25, 0.3) is 0 Å². The van der Waals surface area contributed by atoms with E-state index >= 15 is 0 Å². The topological polar surface area (TPSA) is 5.40 Å². The Morgan fingerprint density at radius 2 is 0.449 bits per heavy atom. The fourth-order valence-corrected chi connectivity index (χ4v) is 14.5. The Balaban J connectivity index is 0.987. The van der Waals surface area contributed by atoms with Gasteiger partial charge in [0.1, 0.15) is 13.2 Å². The zero-order valence-electron chi connectivity index (χ0n) is 43.9. The molecule has 0 fully saturated rings. The first-order valence-electron chi connectivity index (χ1n) is 27.5. The Labute approximate surface area is 456 Å². The van der Waals surface area contributed by atoms with E-state index in [1.165, 1.54) is 131 Å². The predicted octanol–water partition coefficient (Wildman–Crippen LogP) is 15.4. The molecule has 13 aromatic rings. The van der Waals surface area contributed by atoms with E-state index in [-0.39, 0.29) is 0 Å². The van der Waals surface area contributed by atoms with Gasteiger partial charge in [0.05, 0.1) is 14.2 Å². The molecular weight excluding hydrogens is 942 g/mol. The van der Waals surface area contributed by atoms with Gasteiger partial charge in [-0.3, -0.25) is 0 Å². The van der Waals surface area contributed by atoms with Crippen molar-refractivity contribution in [3.63, 3.8) is 0 Å². The summed E-state index contributed by atoms with van der Waals surface area (Å²) in [5.41, 5.74) is 15.4. The molecule has 0 radical (unpaired) electrons. The van der Waals surface area contributed by atoms with E-state index in [0.29, 0.717) is 13.2 Å². The van der Waals surface area contributed by atoms with Crippen LogP contribution in [0.5, 0.6) is 0 Å². The van der Waals surface area contributed by atoms with Crippen LogP contribution in [0.1, 0.15) is 22.3 Å². The van der Waals surface area contributed by atoms with Crippen LogP contribution in [0.2, 0.25) is 0 Å². The van der Waals surface area contributed by atoms with Crippen molar-refractivity contribution in [3.05, 3.63) is 301 Å². The molecule has 0 spiro atoms. The number of fused-ring (bicyclic) bond motifs is 6. The number of rotatable bonds is 8. The summed E-state index contributed by atoms with van der Waals surface area (Å²) < 4.78 is 7.74. The van der Waals surface area contributed by atoms with Crippen LogP contribution in [0.4, 0.5) is 0 Å². The van der Waals surface area contributed by atoms with E-state index < -0.39 is 12.7 Å². The predicted molar refractivity (Wildman–Crippen MR) is 338 cm³/mol. The van der Waals surface area contributed by atoms with Gasteiger partial charge in [-0.25, -0.2) is 0 Å². The smallest absolute Gasteiger partial charge is 0.378 e. The molecule has 0 unspecified atom stereocenters. The molecule has 370 valence electrons. The van der Waals surface area contributed by atoms with Gasteiger partial charge in [0.15, 0.2) is 0 Å². The maximum absolute atomic E-state index is 3.87. The highest BCUT2D eigenvalue weighted by atomic mass is 16.6. The van der Waals surface area contributed by atoms with Crippen LogP contribution in [0, 0.1) is 0 Å². The van der Waals surface area contributed by atoms with Gasteiger partial charge in [-0.15, -0.1) is 21.9 Å². The lowest BCUT2D eigenvalue weighted by molar-refractivity contribution is 0.0929. The molecule has 2 heterocycles. The Kier molecular flexibility index (Phi) is 10.9. The minimum Gasteiger partial charge on any atom is -0.659 e. The first-order valence-corrected chi connectivity index (χ1v) is 27.5. The number of hydrogen-bond donors (Lipinski definition) is 0. The van der Waals surface area contributed by atoms with Crippen LogP contribution in [0.15, 0.2) is 279 Å². The molecule has 0 amide bonds. The molecule has 0 aliphatic carbocycles. The summed E-state index contributed by atoms with van der Waals surface area (Å²) in [5, 5.41) is 14.8. The molecule has 15 rings (SSSR count). The largest absolute Gasteiger partial charge is 0.659 e. The first kappa shape index (κ1) is 46.3. The van der Waals surface area contributed by atoms with Crippen molar-refractivity contribution >= 4 is 121 Å². The minimum absolute atomic E-state index is 0.695. The quantitative estimate of drug-likeness (QED) is 0.106. The van der Waals surface area contributed by atoms with Gasteiger partial charge < -0.3 is 8.57 Å². The van der Waals surface area contributed by atoms with Gasteiger partial charge in [-0.05, 0) is 87.9 Å². The third-order valence-electron chi connectivity index (χ3n) is 18.1. The standard InChI is InChI=1S/C74H56B2O2/c1-77-49-71(73(65-33-27-51-15-3-9-21-59(51)43-65)75(77,67-39-35-53-17-5-11-23-61(53)45-67)68-40-36-54-18-6-12-24-62(54)46-68)57-29-31-58(32-30-57)72-50-78(2)76(69-41-37-55-19-7-13-25-63(55)47-69,70-42-38-56-20-8-14-26-64(56)48-70)74(72)66-34-28-52-16-4-10-22-60(52)44-66/h3-48H,49-50H2,1-2H3. The number of hydrogen-bond acceptors (Lipinski definition) is 0. The fraction of sp³-hybridized carbons (Fsp3) is 0.0541. The summed E-state index contributed by atoms with van der Waals surface area (Å²) >= 11 is 0. The van der Waals surface area contributed by atoms with Crippen LogP contribution in [-0.4, -0.2) is 40.1 Å². The summed E-state index contributed by atoms with van der Waals surface area (Å²) in [6.45, 7) is 1.39. The second kappa shape index (κ2) is 18.3. The molecule has 0 aromatic heterocycles. The maximum atomic E-state index is 3.87. The highest BCUT2D eigenvalue weighted by Gasteiger charge is 2.53. The summed E-state index contributed by atoms with van der Waals surface area (Å²) in [4.78, 5) is 0. The van der Waals surface area contributed by atoms with Gasteiger partial charge in [0.2, 0.25) is 0 Å². The second-order valence-electron chi connectivity index (χ2n) is 22.2. The Morgan fingerprint density at radius 3 is 0.718 bits per heavy atom. The fourth-order valence-electron chi connectivity index (χ4n) is 14.5. The van der Waals surface area contributed by atoms with Crippen molar-refractivity contribution in [2.24, 2.45) is 0 Å². The summed E-state index contributed by atoms with van der Waals surface area (Å²) in [7, 11) is 4.56. The normalized spacial score (nSPS) is 15.7. The zero-order chi connectivity index (χ0) is 52.0. The highest BCUT2D eigenvalue weighted by molar-refractivity contribution is 7.14. The molecule has 2 aliphatic rings. The van der Waals surface area contributed by atoms with Crippen molar-refractivity contribution in [2.45, 2.75) is 0 Å². The van der Waals surface area contributed by atoms with Crippen molar-refractivity contribution in [1.82, 2.24) is 0 Å². The molecule has 78 heavy (non-hydrogen) atoms. The van der Waals surface area contributed by atoms with E-state index in [9.17, 15) is 0 Å². The van der Waals surface area contributed by atoms with Crippen LogP contribution in [0.25, 0.3) is 86.7 Å². The molecule has 13 aromatic carbocycles. The average molecular weight is 999 g/mol. The van der Waals surface area contributed by atoms with Gasteiger partial charge in [-0.1, -0.05) is 289 Å². The van der Waals surface area contributed by atoms with Crippen LogP contribution in [0.3, 0.4) is 0 Å². The van der Waals surface area contributed by atoms with Gasteiger partial charge in [-0.2, -0.15) is 0 Å². The van der Waals surface area contributed by atoms with Crippen LogP contribution >= 0.6 is 0 Å². The zero-order valence-corrected chi connectivity index (χ0v) is 43.9. The Hall–Kier alpha value is -9.05. The van der Waals surface area contributed by atoms with E-state index in [2.05, 4.69) is 302 Å². The lowest BCUT2D eigenvalue weighted by Crippen LogP contribution is -2.64. The number of benzene rings is 13. The van der Waals surface area contributed by atoms with Crippen LogP contribution in [-0.2, 0) is 8.57 Å². The molecule has 0 atom stereocenters. The van der Waals surface area contributed by atoms with E-state index in [1.807, 2.05) is 0 Å². The van der Waals surface area contributed by atoms with Gasteiger partial charge >= 0.3 is 12.7 Å². The van der Waals surface area contributed by atoms with Crippen molar-refractivity contribution in [1.29, 1.82) is 0 Å². The Morgan fingerprint density at radius 1 is 0.231 bits per heavy atom. The second-order valence-corrected chi connectivity index (χ2v) is 22.2. The SMILES string of the molecule is C[O+]1CC(c2ccc(C3=C(c4ccc5ccccc5c4)[B-](c4ccc5ccccc5c4)(c4ccc5ccccc5c4)[O+](C)C3)cc2)=C(c2ccc3ccccc3c2)[B-]1(c1ccc2ccccc2c1)c1ccc2ccccc2c1. The van der Waals surface area contributed by atoms with Crippen molar-refractivity contribution < 1.29 is 8.57 Å². The highest BCUT2D eigenvalue weighted by Crippen LogP contribution is 2.48. The summed E-state index contributed by atoms with van der Waals surface area (Å²) in [6.07, 6.45) is -3.56. The summed E-state index contributed by atoms with van der Waals surface area (Å²) in [6, 6.07) is 105. The van der Waals surface area contributed by atoms with Gasteiger partial charge in [0, 0.05) is 11.1 Å². The molecule has 0 N–H and O–H groups in total. The third kappa shape index (κ3) is 7.21. The Bertz CT molecular complexity index is 4170. The molecule has 0 saturated heterocycles. The molecule has 0 saturated carbocycles. The average Bonchev–Trinajstić information content (AvgIpc) is 4.21. The van der Waals surface area contributed by atoms with Crippen LogP contribution < -0.4 is 21.9 Å². The molecule has 0 bridgehead atoms. The monoisotopic (exact) mass is 998 g/mol. The van der Waals surface area contributed by atoms with E-state index in [4.69, 9.17) is 0 Å². The third-order valence-corrected chi connectivity index (χ3v) is 18.1. The maximum Gasteiger partial charge on any atom is 0.378 e. The molecule has 2 aliphatic heterocycles. The van der Waals surface area contributed by atoms with E-state index in [1.54, 1.807) is 0 Å². The lowest BCUT2D eigenvalue weighted by Gasteiger charge is -2.43. The lowest BCUT2D eigenvalue weighted by atomic mass is 9.26. The first-order chi connectivity index (χ1) is 38.4. The molecular formula is C74H56B2O2.